The highest BCUT2D eigenvalue weighted by molar-refractivity contribution is 5.52. The van der Waals surface area contributed by atoms with Gasteiger partial charge < -0.3 is 5.73 Å². The predicted molar refractivity (Wildman–Crippen MR) is 82.9 cm³/mol. The van der Waals surface area contributed by atoms with Gasteiger partial charge in [-0.15, -0.1) is 0 Å². The van der Waals surface area contributed by atoms with E-state index in [0.29, 0.717) is 0 Å². The molecule has 0 amide bonds. The van der Waals surface area contributed by atoms with Crippen molar-refractivity contribution in [1.29, 1.82) is 0 Å². The SMILES string of the molecule is CC(C)CCCCCCN1Cc2cccc(N)c2C1. The summed E-state index contributed by atoms with van der Waals surface area (Å²) < 4.78 is 0. The van der Waals surface area contributed by atoms with E-state index in [1.165, 1.54) is 49.8 Å². The lowest BCUT2D eigenvalue weighted by Crippen LogP contribution is -2.17. The molecule has 1 aliphatic rings. The lowest BCUT2D eigenvalue weighted by atomic mass is 10.0. The number of unbranched alkanes of at least 4 members (excludes halogenated alkanes) is 3. The second-order valence-electron chi connectivity index (χ2n) is 6.29. The summed E-state index contributed by atoms with van der Waals surface area (Å²) in [6.07, 6.45) is 6.86. The maximum absolute atomic E-state index is 6.03. The second-order valence-corrected chi connectivity index (χ2v) is 6.29. The van der Waals surface area contributed by atoms with Gasteiger partial charge in [-0.1, -0.05) is 51.7 Å². The average Bonchev–Trinajstić information content (AvgIpc) is 2.78. The fourth-order valence-corrected chi connectivity index (χ4v) is 2.92. The Bertz CT molecular complexity index is 398. The van der Waals surface area contributed by atoms with Crippen LogP contribution < -0.4 is 5.73 Å². The molecule has 0 bridgehead atoms. The first-order chi connectivity index (χ1) is 9.16. The standard InChI is InChI=1S/C17H28N2/c1-14(2)8-5-3-4-6-11-19-12-15-9-7-10-17(18)16(15)13-19/h7,9-10,14H,3-6,8,11-13,18H2,1-2H3. The molecule has 2 nitrogen and oxygen atoms in total. The van der Waals surface area contributed by atoms with Crippen LogP contribution in [0.15, 0.2) is 18.2 Å². The Morgan fingerprint density at radius 1 is 1.11 bits per heavy atom. The normalized spacial score (nSPS) is 15.1. The molecule has 2 rings (SSSR count). The monoisotopic (exact) mass is 260 g/mol. The van der Waals surface area contributed by atoms with E-state index in [1.807, 2.05) is 6.07 Å². The van der Waals surface area contributed by atoms with Gasteiger partial charge in [0.05, 0.1) is 0 Å². The Morgan fingerprint density at radius 3 is 2.63 bits per heavy atom. The zero-order valence-corrected chi connectivity index (χ0v) is 12.5. The summed E-state index contributed by atoms with van der Waals surface area (Å²) in [5, 5.41) is 0. The highest BCUT2D eigenvalue weighted by Crippen LogP contribution is 2.27. The molecule has 2 N–H and O–H groups in total. The Labute approximate surface area is 118 Å². The summed E-state index contributed by atoms with van der Waals surface area (Å²) in [4.78, 5) is 2.53. The van der Waals surface area contributed by atoms with Gasteiger partial charge in [0.25, 0.3) is 0 Å². The van der Waals surface area contributed by atoms with Gasteiger partial charge in [-0.25, -0.2) is 0 Å². The highest BCUT2D eigenvalue weighted by atomic mass is 15.1. The smallest absolute Gasteiger partial charge is 0.0363 e. The van der Waals surface area contributed by atoms with Crippen LogP contribution in [0.25, 0.3) is 0 Å². The van der Waals surface area contributed by atoms with Crippen molar-refractivity contribution in [3.63, 3.8) is 0 Å². The van der Waals surface area contributed by atoms with Crippen molar-refractivity contribution in [1.82, 2.24) is 4.90 Å². The molecule has 0 saturated heterocycles. The van der Waals surface area contributed by atoms with E-state index in [9.17, 15) is 0 Å². The fourth-order valence-electron chi connectivity index (χ4n) is 2.92. The zero-order chi connectivity index (χ0) is 13.7. The minimum absolute atomic E-state index is 0.857. The van der Waals surface area contributed by atoms with Crippen molar-refractivity contribution in [3.8, 4) is 0 Å². The number of benzene rings is 1. The van der Waals surface area contributed by atoms with E-state index < -0.39 is 0 Å². The molecule has 0 fully saturated rings. The summed E-state index contributed by atoms with van der Waals surface area (Å²) in [5.74, 6) is 0.857. The van der Waals surface area contributed by atoms with Crippen LogP contribution in [0, 0.1) is 5.92 Å². The van der Waals surface area contributed by atoms with Gasteiger partial charge in [0.15, 0.2) is 0 Å². The van der Waals surface area contributed by atoms with Crippen LogP contribution in [0.3, 0.4) is 0 Å². The molecule has 0 unspecified atom stereocenters. The summed E-state index contributed by atoms with van der Waals surface area (Å²) in [7, 11) is 0. The van der Waals surface area contributed by atoms with Crippen molar-refractivity contribution in [3.05, 3.63) is 29.3 Å². The first-order valence-electron chi connectivity index (χ1n) is 7.75. The van der Waals surface area contributed by atoms with Crippen LogP contribution in [0.4, 0.5) is 5.69 Å². The molecule has 1 aliphatic heterocycles. The molecule has 0 aliphatic carbocycles. The van der Waals surface area contributed by atoms with Gasteiger partial charge in [0.1, 0.15) is 0 Å². The summed E-state index contributed by atoms with van der Waals surface area (Å²) in [5.41, 5.74) is 9.79. The van der Waals surface area contributed by atoms with Gasteiger partial charge in [-0.05, 0) is 36.1 Å². The Balaban J connectivity index is 1.63. The molecule has 0 radical (unpaired) electrons. The Morgan fingerprint density at radius 2 is 1.89 bits per heavy atom. The molecule has 0 saturated carbocycles. The number of hydrogen-bond donors (Lipinski definition) is 1. The third-order valence-corrected chi connectivity index (χ3v) is 4.09. The van der Waals surface area contributed by atoms with Crippen LogP contribution >= 0.6 is 0 Å². The van der Waals surface area contributed by atoms with Gasteiger partial charge in [-0.3, -0.25) is 4.90 Å². The molecule has 0 atom stereocenters. The number of nitrogens with zero attached hydrogens (tertiary/aromatic N) is 1. The van der Waals surface area contributed by atoms with E-state index in [0.717, 1.165) is 24.7 Å². The van der Waals surface area contributed by atoms with E-state index in [1.54, 1.807) is 0 Å². The molecular weight excluding hydrogens is 232 g/mol. The van der Waals surface area contributed by atoms with Crippen LogP contribution in [0.1, 0.15) is 57.1 Å². The Kier molecular flexibility index (Phi) is 5.26. The molecule has 1 aromatic rings. The molecule has 1 aromatic carbocycles. The van der Waals surface area contributed by atoms with E-state index in [4.69, 9.17) is 5.73 Å². The molecule has 106 valence electrons. The largest absolute Gasteiger partial charge is 0.398 e. The van der Waals surface area contributed by atoms with Crippen molar-refractivity contribution >= 4 is 5.69 Å². The molecule has 0 aromatic heterocycles. The van der Waals surface area contributed by atoms with E-state index in [2.05, 4.69) is 30.9 Å². The van der Waals surface area contributed by atoms with Crippen molar-refractivity contribution in [2.24, 2.45) is 5.92 Å². The maximum Gasteiger partial charge on any atom is 0.0363 e. The number of nitrogens with two attached hydrogens (primary N) is 1. The quantitative estimate of drug-likeness (QED) is 0.588. The number of hydrogen-bond acceptors (Lipinski definition) is 2. The van der Waals surface area contributed by atoms with Gasteiger partial charge in [0.2, 0.25) is 0 Å². The zero-order valence-electron chi connectivity index (χ0n) is 12.5. The first kappa shape index (κ1) is 14.4. The van der Waals surface area contributed by atoms with Crippen LogP contribution in [0.2, 0.25) is 0 Å². The lowest BCUT2D eigenvalue weighted by molar-refractivity contribution is 0.276. The van der Waals surface area contributed by atoms with E-state index >= 15 is 0 Å². The molecule has 1 heterocycles. The van der Waals surface area contributed by atoms with Crippen molar-refractivity contribution in [2.75, 3.05) is 12.3 Å². The molecular formula is C17H28N2. The van der Waals surface area contributed by atoms with Crippen molar-refractivity contribution < 1.29 is 0 Å². The average molecular weight is 260 g/mol. The van der Waals surface area contributed by atoms with Crippen LogP contribution in [-0.4, -0.2) is 11.4 Å². The van der Waals surface area contributed by atoms with E-state index in [-0.39, 0.29) is 0 Å². The minimum atomic E-state index is 0.857. The number of anilines is 1. The third kappa shape index (κ3) is 4.24. The van der Waals surface area contributed by atoms with Crippen molar-refractivity contribution in [2.45, 2.75) is 59.0 Å². The molecule has 19 heavy (non-hydrogen) atoms. The first-order valence-corrected chi connectivity index (χ1v) is 7.75. The minimum Gasteiger partial charge on any atom is -0.398 e. The predicted octanol–water partition coefficient (Wildman–Crippen LogP) is 4.19. The molecule has 2 heteroatoms. The van der Waals surface area contributed by atoms with Gasteiger partial charge in [0, 0.05) is 18.8 Å². The number of fused-ring (bicyclic) bond motifs is 1. The second kappa shape index (κ2) is 6.95. The number of rotatable bonds is 7. The highest BCUT2D eigenvalue weighted by Gasteiger charge is 2.19. The number of nitrogen functional groups attached to an aromatic ring is 1. The van der Waals surface area contributed by atoms with Gasteiger partial charge >= 0.3 is 0 Å². The van der Waals surface area contributed by atoms with Gasteiger partial charge in [-0.2, -0.15) is 0 Å². The summed E-state index contributed by atoms with van der Waals surface area (Å²) >= 11 is 0. The maximum atomic E-state index is 6.03. The molecule has 0 spiro atoms. The lowest BCUT2D eigenvalue weighted by Gasteiger charge is -2.14. The summed E-state index contributed by atoms with van der Waals surface area (Å²) in [6, 6.07) is 6.31. The summed E-state index contributed by atoms with van der Waals surface area (Å²) in [6.45, 7) is 7.98. The van der Waals surface area contributed by atoms with Crippen LogP contribution in [-0.2, 0) is 13.1 Å². The fraction of sp³-hybridized carbons (Fsp3) is 0.647. The topological polar surface area (TPSA) is 29.3 Å². The Hall–Kier alpha value is -1.02. The van der Waals surface area contributed by atoms with Crippen LogP contribution in [0.5, 0.6) is 0 Å². The third-order valence-electron chi connectivity index (χ3n) is 4.09.